The molecular weight excluding hydrogens is 360 g/mol. The number of rotatable bonds is 16. The van der Waals surface area contributed by atoms with Gasteiger partial charge in [0.15, 0.2) is 0 Å². The second-order valence-corrected chi connectivity index (χ2v) is 6.99. The molecule has 0 aliphatic rings. The molecule has 0 aliphatic carbocycles. The molecule has 6 heteroatoms. The number of ether oxygens (including phenoxy) is 4. The fourth-order valence-corrected chi connectivity index (χ4v) is 1.61. The van der Waals surface area contributed by atoms with Gasteiger partial charge in [-0.2, -0.15) is 0 Å². The molecule has 0 saturated heterocycles. The molecule has 0 rings (SSSR count). The van der Waals surface area contributed by atoms with Crippen molar-refractivity contribution in [3.05, 3.63) is 0 Å². The summed E-state index contributed by atoms with van der Waals surface area (Å²) in [7, 11) is 1.73. The first-order valence-corrected chi connectivity index (χ1v) is 11.0. The van der Waals surface area contributed by atoms with Gasteiger partial charge >= 0.3 is 0 Å². The summed E-state index contributed by atoms with van der Waals surface area (Å²) in [5, 5.41) is 16.0. The lowest BCUT2D eigenvalue weighted by Crippen LogP contribution is -2.23. The SMILES string of the molecule is CC(O)CO.CCCCOC.CCCCOCC(C)OCC(C)OCCCC. The van der Waals surface area contributed by atoms with Crippen LogP contribution in [-0.2, 0) is 18.9 Å². The minimum absolute atomic E-state index is 0.139. The standard InChI is InChI=1S/C14H30O3.C5H12O.C3H8O2/c1-5-7-9-15-11-13(3)17-12-14(4)16-10-8-6-2;1-3-4-5-6-2;1-3(5)2-4/h13-14H,5-12H2,1-4H3;3-5H2,1-2H3;3-5H,2H2,1H3. The normalized spacial score (nSPS) is 13.6. The van der Waals surface area contributed by atoms with E-state index in [1.807, 2.05) is 6.92 Å². The average Bonchev–Trinajstić information content (AvgIpc) is 2.69. The summed E-state index contributed by atoms with van der Waals surface area (Å²) in [5.74, 6) is 0. The Morgan fingerprint density at radius 2 is 1.18 bits per heavy atom. The number of hydrogen-bond donors (Lipinski definition) is 2. The van der Waals surface area contributed by atoms with Crippen LogP contribution in [0.2, 0.25) is 0 Å². The Morgan fingerprint density at radius 1 is 0.714 bits per heavy atom. The summed E-state index contributed by atoms with van der Waals surface area (Å²) >= 11 is 0. The predicted octanol–water partition coefficient (Wildman–Crippen LogP) is 4.21. The Morgan fingerprint density at radius 3 is 1.61 bits per heavy atom. The third kappa shape index (κ3) is 36.6. The molecule has 174 valence electrons. The van der Waals surface area contributed by atoms with Gasteiger partial charge in [-0.1, -0.05) is 40.0 Å². The van der Waals surface area contributed by atoms with E-state index in [2.05, 4.69) is 27.7 Å². The van der Waals surface area contributed by atoms with Crippen molar-refractivity contribution < 1.29 is 29.2 Å². The zero-order valence-corrected chi connectivity index (χ0v) is 19.7. The molecule has 0 aliphatic heterocycles. The molecule has 0 aromatic rings. The first-order valence-electron chi connectivity index (χ1n) is 11.0. The number of aliphatic hydroxyl groups excluding tert-OH is 2. The summed E-state index contributed by atoms with van der Waals surface area (Å²) in [5.41, 5.74) is 0. The second kappa shape index (κ2) is 29.0. The van der Waals surface area contributed by atoms with Gasteiger partial charge < -0.3 is 29.2 Å². The van der Waals surface area contributed by atoms with Crippen LogP contribution in [0.5, 0.6) is 0 Å². The first kappa shape index (κ1) is 32.4. The van der Waals surface area contributed by atoms with Crippen LogP contribution in [0, 0.1) is 0 Å². The quantitative estimate of drug-likeness (QED) is 0.371. The molecule has 0 aromatic heterocycles. The fourth-order valence-electron chi connectivity index (χ4n) is 1.61. The van der Waals surface area contributed by atoms with Crippen molar-refractivity contribution in [2.24, 2.45) is 0 Å². The Hall–Kier alpha value is -0.240. The van der Waals surface area contributed by atoms with Crippen molar-refractivity contribution in [3.8, 4) is 0 Å². The maximum Gasteiger partial charge on any atom is 0.0781 e. The van der Waals surface area contributed by atoms with E-state index in [1.54, 1.807) is 7.11 Å². The van der Waals surface area contributed by atoms with E-state index in [0.29, 0.717) is 13.2 Å². The highest BCUT2D eigenvalue weighted by atomic mass is 16.6. The van der Waals surface area contributed by atoms with E-state index >= 15 is 0 Å². The molecule has 0 spiro atoms. The molecule has 28 heavy (non-hydrogen) atoms. The largest absolute Gasteiger partial charge is 0.394 e. The van der Waals surface area contributed by atoms with Crippen molar-refractivity contribution in [3.63, 3.8) is 0 Å². The molecule has 0 heterocycles. The molecular formula is C22H50O6. The second-order valence-electron chi connectivity index (χ2n) is 6.99. The monoisotopic (exact) mass is 410 g/mol. The fraction of sp³-hybridized carbons (Fsp3) is 1.00. The maximum atomic E-state index is 8.11. The Labute approximate surface area is 174 Å². The zero-order chi connectivity index (χ0) is 22.0. The Balaban J connectivity index is -0.000000464. The number of unbranched alkanes of at least 4 members (excludes halogenated alkanes) is 3. The minimum Gasteiger partial charge on any atom is -0.394 e. The average molecular weight is 411 g/mol. The van der Waals surface area contributed by atoms with Crippen LogP contribution in [0.25, 0.3) is 0 Å². The van der Waals surface area contributed by atoms with Crippen LogP contribution >= 0.6 is 0 Å². The van der Waals surface area contributed by atoms with Crippen molar-refractivity contribution in [1.29, 1.82) is 0 Å². The maximum absolute atomic E-state index is 8.11. The Kier molecular flexibility index (Phi) is 33.5. The van der Waals surface area contributed by atoms with Gasteiger partial charge in [0.2, 0.25) is 0 Å². The topological polar surface area (TPSA) is 77.4 Å². The number of methoxy groups -OCH3 is 1. The molecule has 3 unspecified atom stereocenters. The number of hydrogen-bond acceptors (Lipinski definition) is 6. The lowest BCUT2D eigenvalue weighted by Gasteiger charge is -2.17. The Bertz CT molecular complexity index is 247. The van der Waals surface area contributed by atoms with Gasteiger partial charge in [0.05, 0.1) is 38.1 Å². The summed E-state index contributed by atoms with van der Waals surface area (Å²) in [6.07, 6.45) is 6.80. The highest BCUT2D eigenvalue weighted by Gasteiger charge is 2.06. The summed E-state index contributed by atoms with van der Waals surface area (Å²) in [4.78, 5) is 0. The molecule has 2 N–H and O–H groups in total. The summed E-state index contributed by atoms with van der Waals surface area (Å²) < 4.78 is 21.6. The third-order valence-corrected chi connectivity index (χ3v) is 3.48. The van der Waals surface area contributed by atoms with Gasteiger partial charge in [0, 0.05) is 26.9 Å². The van der Waals surface area contributed by atoms with Crippen LogP contribution in [0.3, 0.4) is 0 Å². The van der Waals surface area contributed by atoms with Crippen LogP contribution < -0.4 is 0 Å². The van der Waals surface area contributed by atoms with E-state index in [1.165, 1.54) is 32.6 Å². The summed E-state index contributed by atoms with van der Waals surface area (Å²) in [6, 6.07) is 0. The number of aliphatic hydroxyl groups is 2. The minimum atomic E-state index is -0.560. The van der Waals surface area contributed by atoms with Crippen molar-refractivity contribution in [1.82, 2.24) is 0 Å². The van der Waals surface area contributed by atoms with Crippen molar-refractivity contribution in [2.45, 2.75) is 98.4 Å². The van der Waals surface area contributed by atoms with Crippen molar-refractivity contribution in [2.75, 3.05) is 46.8 Å². The predicted molar refractivity (Wildman–Crippen MR) is 117 cm³/mol. The highest BCUT2D eigenvalue weighted by Crippen LogP contribution is 2.00. The molecule has 0 fully saturated rings. The highest BCUT2D eigenvalue weighted by molar-refractivity contribution is 4.52. The van der Waals surface area contributed by atoms with Gasteiger partial charge in [-0.25, -0.2) is 0 Å². The van der Waals surface area contributed by atoms with E-state index in [0.717, 1.165) is 32.7 Å². The third-order valence-electron chi connectivity index (χ3n) is 3.48. The molecule has 6 nitrogen and oxygen atoms in total. The molecule has 0 bridgehead atoms. The summed E-state index contributed by atoms with van der Waals surface area (Å²) in [6.45, 7) is 15.9. The van der Waals surface area contributed by atoms with E-state index in [4.69, 9.17) is 29.2 Å². The first-order chi connectivity index (χ1) is 13.4. The zero-order valence-electron chi connectivity index (χ0n) is 19.7. The van der Waals surface area contributed by atoms with Crippen molar-refractivity contribution >= 4 is 0 Å². The lowest BCUT2D eigenvalue weighted by atomic mass is 10.3. The van der Waals surface area contributed by atoms with E-state index < -0.39 is 6.10 Å². The molecule has 3 atom stereocenters. The van der Waals surface area contributed by atoms with Crippen LogP contribution in [0.4, 0.5) is 0 Å². The van der Waals surface area contributed by atoms with Gasteiger partial charge in [0.1, 0.15) is 0 Å². The molecule has 0 aromatic carbocycles. The molecule has 0 saturated carbocycles. The van der Waals surface area contributed by atoms with Crippen LogP contribution in [0.1, 0.15) is 80.1 Å². The van der Waals surface area contributed by atoms with E-state index in [-0.39, 0.29) is 18.8 Å². The molecule has 0 radical (unpaired) electrons. The van der Waals surface area contributed by atoms with Gasteiger partial charge in [-0.15, -0.1) is 0 Å². The van der Waals surface area contributed by atoms with Gasteiger partial charge in [-0.05, 0) is 40.0 Å². The van der Waals surface area contributed by atoms with E-state index in [9.17, 15) is 0 Å². The molecule has 0 amide bonds. The van der Waals surface area contributed by atoms with Gasteiger partial charge in [0.25, 0.3) is 0 Å². The van der Waals surface area contributed by atoms with Crippen LogP contribution in [0.15, 0.2) is 0 Å². The lowest BCUT2D eigenvalue weighted by molar-refractivity contribution is -0.0574. The smallest absolute Gasteiger partial charge is 0.0781 e. The van der Waals surface area contributed by atoms with Gasteiger partial charge in [-0.3, -0.25) is 0 Å². The van der Waals surface area contributed by atoms with Crippen LogP contribution in [-0.4, -0.2) is 75.3 Å².